The van der Waals surface area contributed by atoms with Crippen LogP contribution in [0.3, 0.4) is 0 Å². The van der Waals surface area contributed by atoms with Crippen molar-refractivity contribution >= 4 is 41.3 Å². The number of halogens is 1. The molecule has 0 radical (unpaired) electrons. The first-order valence-electron chi connectivity index (χ1n) is 9.26. The summed E-state index contributed by atoms with van der Waals surface area (Å²) in [7, 11) is 1.76. The molecule has 1 aromatic heterocycles. The van der Waals surface area contributed by atoms with Gasteiger partial charge < -0.3 is 15.4 Å². The Labute approximate surface area is 180 Å². The number of aliphatic imine (C=N–C) groups is 1. The highest BCUT2D eigenvalue weighted by Crippen LogP contribution is 2.23. The lowest BCUT2D eigenvalue weighted by Gasteiger charge is -2.28. The van der Waals surface area contributed by atoms with Crippen LogP contribution in [-0.2, 0) is 17.7 Å². The van der Waals surface area contributed by atoms with Crippen molar-refractivity contribution in [1.82, 2.24) is 15.5 Å². The number of fused-ring (bicyclic) bond motifs is 1. The molecule has 0 bridgehead atoms. The molecule has 2 N–H and O–H groups in total. The Kier molecular flexibility index (Phi) is 10.4. The number of hydrogen-bond donors (Lipinski definition) is 2. The number of guanidine groups is 1. The van der Waals surface area contributed by atoms with Gasteiger partial charge in [0.05, 0.1) is 12.6 Å². The summed E-state index contributed by atoms with van der Waals surface area (Å²) in [5.74, 6) is 0.877. The summed E-state index contributed by atoms with van der Waals surface area (Å²) in [4.78, 5) is 8.79. The monoisotopic (exact) mass is 494 g/mol. The predicted molar refractivity (Wildman–Crippen MR) is 123 cm³/mol. The molecule has 0 saturated carbocycles. The number of thiophene rings is 1. The van der Waals surface area contributed by atoms with Gasteiger partial charge in [0.2, 0.25) is 0 Å². The molecule has 2 rings (SSSR count). The lowest BCUT2D eigenvalue weighted by Crippen LogP contribution is -2.43. The van der Waals surface area contributed by atoms with Crippen LogP contribution in [0.5, 0.6) is 0 Å². The van der Waals surface area contributed by atoms with Crippen LogP contribution >= 0.6 is 35.3 Å². The molecule has 150 valence electrons. The third kappa shape index (κ3) is 7.32. The van der Waals surface area contributed by atoms with Gasteiger partial charge in [-0.25, -0.2) is 0 Å². The average Bonchev–Trinajstić information content (AvgIpc) is 3.01. The molecule has 1 unspecified atom stereocenters. The van der Waals surface area contributed by atoms with Crippen LogP contribution in [0.2, 0.25) is 0 Å². The maximum atomic E-state index is 5.60. The average molecular weight is 494 g/mol. The molecule has 0 amide bonds. The largest absolute Gasteiger partial charge is 0.379 e. The van der Waals surface area contributed by atoms with Crippen LogP contribution in [0, 0.1) is 5.41 Å². The third-order valence-electron chi connectivity index (χ3n) is 4.62. The number of methoxy groups -OCH3 is 1. The fourth-order valence-corrected chi connectivity index (χ4v) is 3.94. The van der Waals surface area contributed by atoms with Gasteiger partial charge in [-0.2, -0.15) is 0 Å². The number of ether oxygens (including phenoxy) is 1. The molecule has 0 aromatic carbocycles. The van der Waals surface area contributed by atoms with Gasteiger partial charge in [-0.05, 0) is 35.8 Å². The fourth-order valence-electron chi connectivity index (χ4n) is 3.05. The van der Waals surface area contributed by atoms with E-state index in [9.17, 15) is 0 Å². The molecule has 1 aliphatic rings. The van der Waals surface area contributed by atoms with Gasteiger partial charge in [0.1, 0.15) is 0 Å². The number of hydrogen-bond acceptors (Lipinski definition) is 4. The van der Waals surface area contributed by atoms with Gasteiger partial charge in [0.15, 0.2) is 5.96 Å². The predicted octanol–water partition coefficient (Wildman–Crippen LogP) is 3.34. The second-order valence-corrected chi connectivity index (χ2v) is 8.63. The van der Waals surface area contributed by atoms with E-state index in [1.54, 1.807) is 12.0 Å². The summed E-state index contributed by atoms with van der Waals surface area (Å²) >= 11 is 1.89. The summed E-state index contributed by atoms with van der Waals surface area (Å²) in [5, 5.41) is 9.00. The molecule has 5 nitrogen and oxygen atoms in total. The molecule has 2 heterocycles. The first-order valence-corrected chi connectivity index (χ1v) is 10.1. The first kappa shape index (κ1) is 23.7. The van der Waals surface area contributed by atoms with E-state index in [0.29, 0.717) is 6.54 Å². The minimum atomic E-state index is 0. The van der Waals surface area contributed by atoms with E-state index >= 15 is 0 Å². The molecule has 1 atom stereocenters. The molecule has 0 fully saturated rings. The number of nitrogens with zero attached hydrogens (tertiary/aromatic N) is 2. The summed E-state index contributed by atoms with van der Waals surface area (Å²) < 4.78 is 5.60. The van der Waals surface area contributed by atoms with Crippen LogP contribution in [-0.4, -0.2) is 56.8 Å². The van der Waals surface area contributed by atoms with Crippen LogP contribution < -0.4 is 10.6 Å². The van der Waals surface area contributed by atoms with Crippen molar-refractivity contribution < 1.29 is 4.74 Å². The lowest BCUT2D eigenvalue weighted by molar-refractivity contribution is 0.0241. The second-order valence-electron chi connectivity index (χ2n) is 7.63. The zero-order valence-corrected chi connectivity index (χ0v) is 19.9. The van der Waals surface area contributed by atoms with Gasteiger partial charge in [-0.1, -0.05) is 20.8 Å². The standard InChI is InChI=1S/C19H34N4OS.HI/c1-6-20-18(22-13-17(24-5)19(2,3)4)21-9-11-23-10-7-16-15(14-23)8-12-25-16;/h8,12,17H,6-7,9-11,13-14H2,1-5H3,(H2,20,21,22);1H. The zero-order valence-electron chi connectivity index (χ0n) is 16.8. The zero-order chi connectivity index (χ0) is 18.3. The van der Waals surface area contributed by atoms with Gasteiger partial charge >= 0.3 is 0 Å². The Morgan fingerprint density at radius 2 is 2.15 bits per heavy atom. The Bertz CT molecular complexity index is 556. The SMILES string of the molecule is CCNC(=NCC(OC)C(C)(C)C)NCCN1CCc2sccc2C1.I. The molecule has 7 heteroatoms. The summed E-state index contributed by atoms with van der Waals surface area (Å²) in [6, 6.07) is 2.27. The minimum absolute atomic E-state index is 0. The van der Waals surface area contributed by atoms with Gasteiger partial charge in [0.25, 0.3) is 0 Å². The lowest BCUT2D eigenvalue weighted by atomic mass is 9.89. The van der Waals surface area contributed by atoms with Crippen molar-refractivity contribution in [1.29, 1.82) is 0 Å². The van der Waals surface area contributed by atoms with Gasteiger partial charge in [-0.3, -0.25) is 9.89 Å². The molecule has 26 heavy (non-hydrogen) atoms. The Balaban J connectivity index is 0.00000338. The van der Waals surface area contributed by atoms with Crippen LogP contribution in [0.4, 0.5) is 0 Å². The Hall–Kier alpha value is -0.380. The highest BCUT2D eigenvalue weighted by atomic mass is 127. The molecule has 0 saturated heterocycles. The van der Waals surface area contributed by atoms with Crippen molar-refractivity contribution in [3.63, 3.8) is 0 Å². The molecule has 1 aromatic rings. The van der Waals surface area contributed by atoms with E-state index in [0.717, 1.165) is 38.7 Å². The Morgan fingerprint density at radius 1 is 1.38 bits per heavy atom. The van der Waals surface area contributed by atoms with E-state index in [4.69, 9.17) is 9.73 Å². The summed E-state index contributed by atoms with van der Waals surface area (Å²) in [6.07, 6.45) is 1.30. The Morgan fingerprint density at radius 3 is 2.81 bits per heavy atom. The highest BCUT2D eigenvalue weighted by molar-refractivity contribution is 14.0. The topological polar surface area (TPSA) is 48.9 Å². The summed E-state index contributed by atoms with van der Waals surface area (Å²) in [5.41, 5.74) is 1.59. The number of rotatable bonds is 7. The van der Waals surface area contributed by atoms with E-state index in [1.807, 2.05) is 11.3 Å². The van der Waals surface area contributed by atoms with Gasteiger partial charge in [0, 0.05) is 44.7 Å². The van der Waals surface area contributed by atoms with E-state index in [2.05, 4.69) is 54.7 Å². The number of nitrogens with one attached hydrogen (secondary N) is 2. The third-order valence-corrected chi connectivity index (χ3v) is 5.64. The second kappa shape index (κ2) is 11.5. The summed E-state index contributed by atoms with van der Waals surface area (Å²) in [6.45, 7) is 14.3. The molecule has 1 aliphatic heterocycles. The van der Waals surface area contributed by atoms with Crippen molar-refractivity contribution in [2.24, 2.45) is 10.4 Å². The van der Waals surface area contributed by atoms with E-state index in [-0.39, 0.29) is 35.5 Å². The van der Waals surface area contributed by atoms with Crippen molar-refractivity contribution in [2.45, 2.75) is 46.8 Å². The maximum Gasteiger partial charge on any atom is 0.191 e. The maximum absolute atomic E-state index is 5.60. The highest BCUT2D eigenvalue weighted by Gasteiger charge is 2.24. The molecule has 0 spiro atoms. The normalized spacial score (nSPS) is 16.6. The van der Waals surface area contributed by atoms with Gasteiger partial charge in [-0.15, -0.1) is 35.3 Å². The molecule has 0 aliphatic carbocycles. The van der Waals surface area contributed by atoms with E-state index < -0.39 is 0 Å². The van der Waals surface area contributed by atoms with Crippen LogP contribution in [0.1, 0.15) is 38.1 Å². The smallest absolute Gasteiger partial charge is 0.191 e. The fraction of sp³-hybridized carbons (Fsp3) is 0.737. The van der Waals surface area contributed by atoms with Crippen LogP contribution in [0.15, 0.2) is 16.4 Å². The van der Waals surface area contributed by atoms with E-state index in [1.165, 1.54) is 12.0 Å². The van der Waals surface area contributed by atoms with Crippen molar-refractivity contribution in [3.05, 3.63) is 21.9 Å². The van der Waals surface area contributed by atoms with Crippen molar-refractivity contribution in [3.8, 4) is 0 Å². The molecular weight excluding hydrogens is 459 g/mol. The van der Waals surface area contributed by atoms with Crippen molar-refractivity contribution in [2.75, 3.05) is 39.8 Å². The minimum Gasteiger partial charge on any atom is -0.379 e. The first-order chi connectivity index (χ1) is 11.9. The molecular formula is C19H35IN4OS. The van der Waals surface area contributed by atoms with Crippen LogP contribution in [0.25, 0.3) is 0 Å². The quantitative estimate of drug-likeness (QED) is 0.347.